The molecule has 27 heavy (non-hydrogen) atoms. The molecule has 1 aromatic carbocycles. The summed E-state index contributed by atoms with van der Waals surface area (Å²) >= 11 is 1.84. The highest BCUT2D eigenvalue weighted by atomic mass is 32.1. The van der Waals surface area contributed by atoms with E-state index < -0.39 is 0 Å². The first-order valence-corrected chi connectivity index (χ1v) is 10.8. The fourth-order valence-electron chi connectivity index (χ4n) is 3.37. The maximum absolute atomic E-state index is 12.2. The number of hydrogen-bond acceptors (Lipinski definition) is 4. The van der Waals surface area contributed by atoms with Gasteiger partial charge in [-0.2, -0.15) is 0 Å². The van der Waals surface area contributed by atoms with Crippen molar-refractivity contribution in [3.05, 3.63) is 51.0 Å². The van der Waals surface area contributed by atoms with Crippen LogP contribution >= 0.6 is 11.3 Å². The van der Waals surface area contributed by atoms with Gasteiger partial charge in [0.2, 0.25) is 5.91 Å². The number of aryl methyl sites for hydroxylation is 4. The Kier molecular flexibility index (Phi) is 7.16. The van der Waals surface area contributed by atoms with Crippen LogP contribution < -0.4 is 5.32 Å². The van der Waals surface area contributed by atoms with Gasteiger partial charge in [0.25, 0.3) is 0 Å². The second kappa shape index (κ2) is 9.79. The van der Waals surface area contributed by atoms with Crippen LogP contribution in [0.25, 0.3) is 0 Å². The van der Waals surface area contributed by atoms with Crippen molar-refractivity contribution in [3.8, 4) is 0 Å². The number of benzene rings is 1. The zero-order chi connectivity index (χ0) is 19.1. The minimum absolute atomic E-state index is 0.0289. The highest BCUT2D eigenvalue weighted by Gasteiger charge is 2.15. The number of amides is 1. The van der Waals surface area contributed by atoms with Crippen molar-refractivity contribution in [2.45, 2.75) is 64.7 Å². The van der Waals surface area contributed by atoms with Gasteiger partial charge >= 0.3 is 0 Å². The lowest BCUT2D eigenvalue weighted by Crippen LogP contribution is -2.25. The summed E-state index contributed by atoms with van der Waals surface area (Å²) in [6, 6.07) is 7.66. The Bertz CT molecular complexity index is 757. The highest BCUT2D eigenvalue weighted by Crippen LogP contribution is 2.27. The topological polar surface area (TPSA) is 59.1 Å². The number of thiazole rings is 1. The van der Waals surface area contributed by atoms with Gasteiger partial charge in [0.1, 0.15) is 0 Å². The third-order valence-corrected chi connectivity index (χ3v) is 6.26. The summed E-state index contributed by atoms with van der Waals surface area (Å²) in [5.41, 5.74) is 3.20. The Labute approximate surface area is 165 Å². The molecule has 0 radical (unpaired) electrons. The van der Waals surface area contributed by atoms with Crippen LogP contribution in [0.2, 0.25) is 0 Å². The minimum Gasteiger partial charge on any atom is -0.356 e. The molecule has 0 atom stereocenters. The molecule has 144 valence electrons. The van der Waals surface area contributed by atoms with Gasteiger partial charge in [-0.3, -0.25) is 9.59 Å². The minimum atomic E-state index is -0.0491. The number of aromatic nitrogens is 1. The van der Waals surface area contributed by atoms with Crippen LogP contribution in [0.5, 0.6) is 0 Å². The standard InChI is InChI=1S/C22H28N2O2S/c1-2-16-9-11-17(12-10-16)19(25)13-14-21(26)23-15-5-8-22-24-18-6-3-4-7-20(18)27-22/h9-12H,2-8,13-15H2,1H3,(H,23,26). The van der Waals surface area contributed by atoms with Crippen LogP contribution in [-0.2, 0) is 30.5 Å². The second-order valence-corrected chi connectivity index (χ2v) is 8.28. The van der Waals surface area contributed by atoms with E-state index in [1.807, 2.05) is 35.6 Å². The van der Waals surface area contributed by atoms with E-state index in [-0.39, 0.29) is 24.5 Å². The number of rotatable bonds is 9. The Hall–Kier alpha value is -2.01. The van der Waals surface area contributed by atoms with Gasteiger partial charge in [-0.05, 0) is 44.1 Å². The normalized spacial score (nSPS) is 13.2. The summed E-state index contributed by atoms with van der Waals surface area (Å²) in [5, 5.41) is 4.12. The van der Waals surface area contributed by atoms with Crippen LogP contribution in [-0.4, -0.2) is 23.2 Å². The van der Waals surface area contributed by atoms with Crippen LogP contribution in [0.3, 0.4) is 0 Å². The van der Waals surface area contributed by atoms with Gasteiger partial charge in [-0.1, -0.05) is 31.2 Å². The summed E-state index contributed by atoms with van der Waals surface area (Å²) in [4.78, 5) is 30.3. The maximum Gasteiger partial charge on any atom is 0.220 e. The van der Waals surface area contributed by atoms with Crippen LogP contribution in [0.15, 0.2) is 24.3 Å². The molecule has 1 amide bonds. The van der Waals surface area contributed by atoms with Crippen molar-refractivity contribution in [2.24, 2.45) is 0 Å². The van der Waals surface area contributed by atoms with E-state index >= 15 is 0 Å². The lowest BCUT2D eigenvalue weighted by atomic mass is 10.0. The number of hydrogen-bond donors (Lipinski definition) is 1. The fraction of sp³-hybridized carbons (Fsp3) is 0.500. The van der Waals surface area contributed by atoms with Gasteiger partial charge < -0.3 is 5.32 Å². The van der Waals surface area contributed by atoms with Crippen molar-refractivity contribution in [1.29, 1.82) is 0 Å². The molecule has 0 saturated heterocycles. The van der Waals surface area contributed by atoms with Crippen molar-refractivity contribution in [2.75, 3.05) is 6.54 Å². The smallest absolute Gasteiger partial charge is 0.220 e. The van der Waals surface area contributed by atoms with Crippen molar-refractivity contribution < 1.29 is 9.59 Å². The highest BCUT2D eigenvalue weighted by molar-refractivity contribution is 7.11. The number of carbonyl (C=O) groups is 2. The van der Waals surface area contributed by atoms with E-state index in [4.69, 9.17) is 4.98 Å². The first kappa shape index (κ1) is 19.7. The molecule has 4 nitrogen and oxygen atoms in total. The van der Waals surface area contributed by atoms with Crippen molar-refractivity contribution >= 4 is 23.0 Å². The fourth-order valence-corrected chi connectivity index (χ4v) is 4.56. The number of nitrogens with zero attached hydrogens (tertiary/aromatic N) is 1. The molecule has 1 aliphatic rings. The first-order chi connectivity index (χ1) is 13.2. The van der Waals surface area contributed by atoms with Crippen LogP contribution in [0, 0.1) is 0 Å². The zero-order valence-electron chi connectivity index (χ0n) is 16.1. The van der Waals surface area contributed by atoms with Gasteiger partial charge in [-0.15, -0.1) is 11.3 Å². The predicted octanol–water partition coefficient (Wildman–Crippen LogP) is 4.30. The maximum atomic E-state index is 12.2. The summed E-state index contributed by atoms with van der Waals surface area (Å²) in [5.74, 6) is -0.0202. The molecule has 1 heterocycles. The third-order valence-electron chi connectivity index (χ3n) is 5.04. The average Bonchev–Trinajstić information content (AvgIpc) is 3.12. The molecule has 0 saturated carbocycles. The summed E-state index contributed by atoms with van der Waals surface area (Å²) < 4.78 is 0. The molecule has 3 rings (SSSR count). The van der Waals surface area contributed by atoms with E-state index in [1.165, 1.54) is 40.4 Å². The number of Topliss-reactive ketones (excluding diaryl/α,β-unsaturated/α-hetero) is 1. The molecule has 1 aliphatic carbocycles. The monoisotopic (exact) mass is 384 g/mol. The Morgan fingerprint density at radius 3 is 2.63 bits per heavy atom. The van der Waals surface area contributed by atoms with E-state index in [2.05, 4.69) is 12.2 Å². The van der Waals surface area contributed by atoms with Crippen molar-refractivity contribution in [1.82, 2.24) is 10.3 Å². The van der Waals surface area contributed by atoms with E-state index in [0.29, 0.717) is 12.1 Å². The molecule has 0 fully saturated rings. The first-order valence-electron chi connectivity index (χ1n) is 10.0. The van der Waals surface area contributed by atoms with Gasteiger partial charge in [0.05, 0.1) is 10.7 Å². The molecular weight excluding hydrogens is 356 g/mol. The zero-order valence-corrected chi connectivity index (χ0v) is 16.9. The number of nitrogens with one attached hydrogen (secondary N) is 1. The van der Waals surface area contributed by atoms with Crippen molar-refractivity contribution in [3.63, 3.8) is 0 Å². The summed E-state index contributed by atoms with van der Waals surface area (Å²) in [6.07, 6.45) is 8.12. The van der Waals surface area contributed by atoms with Crippen LogP contribution in [0.1, 0.15) is 70.5 Å². The molecule has 5 heteroatoms. The van der Waals surface area contributed by atoms with Crippen LogP contribution in [0.4, 0.5) is 0 Å². The number of carbonyl (C=O) groups excluding carboxylic acids is 2. The van der Waals surface area contributed by atoms with E-state index in [9.17, 15) is 9.59 Å². The molecule has 0 aliphatic heterocycles. The molecule has 0 unspecified atom stereocenters. The summed E-state index contributed by atoms with van der Waals surface area (Å²) in [6.45, 7) is 2.73. The largest absolute Gasteiger partial charge is 0.356 e. The molecule has 1 N–H and O–H groups in total. The molecule has 2 aromatic rings. The number of fused-ring (bicyclic) bond motifs is 1. The molecular formula is C22H28N2O2S. The second-order valence-electron chi connectivity index (χ2n) is 7.11. The van der Waals surface area contributed by atoms with Gasteiger partial charge in [0.15, 0.2) is 5.78 Å². The Morgan fingerprint density at radius 1 is 1.11 bits per heavy atom. The lowest BCUT2D eigenvalue weighted by Gasteiger charge is -2.06. The predicted molar refractivity (Wildman–Crippen MR) is 109 cm³/mol. The molecule has 0 bridgehead atoms. The number of ketones is 1. The van der Waals surface area contributed by atoms with Gasteiger partial charge in [-0.25, -0.2) is 4.98 Å². The molecule has 0 spiro atoms. The quantitative estimate of drug-likeness (QED) is 0.518. The SMILES string of the molecule is CCc1ccc(C(=O)CCC(=O)NCCCc2nc3c(s2)CCCC3)cc1. The third kappa shape index (κ3) is 5.73. The van der Waals surface area contributed by atoms with Gasteiger partial charge in [0, 0.05) is 36.2 Å². The van der Waals surface area contributed by atoms with E-state index in [0.717, 1.165) is 25.7 Å². The Morgan fingerprint density at radius 2 is 1.89 bits per heavy atom. The average molecular weight is 385 g/mol. The van der Waals surface area contributed by atoms with E-state index in [1.54, 1.807) is 0 Å². The lowest BCUT2D eigenvalue weighted by molar-refractivity contribution is -0.121. The summed E-state index contributed by atoms with van der Waals surface area (Å²) in [7, 11) is 0. The Balaban J connectivity index is 1.33. The molecule has 1 aromatic heterocycles.